The molecule has 64 heavy (non-hydrogen) atoms. The number of nitrogens with one attached hydrogen (secondary N) is 1. The number of carbonyl (C=O) groups excluding carboxylic acids is 3. The Balaban J connectivity index is 1.28. The number of nitriles is 1. The van der Waals surface area contributed by atoms with Crippen molar-refractivity contribution in [2.75, 3.05) is 46.5 Å². The maximum Gasteiger partial charge on any atom is 0.514 e. The molecule has 7 aliphatic rings. The molecule has 10 rings (SSSR count). The SMILES string of the molecule is C=CCN1[C@@H]2Cc3cc(C)c(OC)c(O)c3[C@H]1C1[C@@H]3SC[C@]4(NCCc5cc(OC(=O)OC(C)(C)C)c(OC)cc54)C(=O)OC[C@@H](c4c5c(c(C)c(OC(C)=O)c43)OCO5)N1[C@H]2C#N. The molecule has 2 fully saturated rings. The van der Waals surface area contributed by atoms with Crippen LogP contribution in [0.25, 0.3) is 0 Å². The van der Waals surface area contributed by atoms with E-state index in [1.54, 1.807) is 39.0 Å². The molecule has 0 aliphatic carbocycles. The quantitative estimate of drug-likeness (QED) is 0.124. The summed E-state index contributed by atoms with van der Waals surface area (Å²) in [6, 6.07) is 4.96. The molecule has 2 saturated heterocycles. The Labute approximate surface area is 375 Å². The average molecular weight is 897 g/mol. The standard InChI is InChI=1S/C47H52N4O12S/c1-10-13-50-28-15-26-14-22(2)39(57-9)38(53)33(26)36(50)37-43-35-34(42-41(59-21-60-42)23(3)40(35)61-24(4)52)30(51(37)29(28)18-48)19-58-44(54)47(20-64-43)27-17-31(56-8)32(16-25(27)11-12-49-47)62-45(55)63-46(5,6)7/h10,14,16-17,28-30,36-37,43,49,53H,1,11-13,15,19-21H2,2-9H3/t28-,29+,30+,36+,37?,43-,47-/m1/s1. The third-order valence-electron chi connectivity index (χ3n) is 13.2. The van der Waals surface area contributed by atoms with Crippen LogP contribution in [0.3, 0.4) is 0 Å². The summed E-state index contributed by atoms with van der Waals surface area (Å²) >= 11 is 1.45. The van der Waals surface area contributed by atoms with Gasteiger partial charge in [0.05, 0.1) is 37.6 Å². The summed E-state index contributed by atoms with van der Waals surface area (Å²) in [5.74, 6) is 0.803. The van der Waals surface area contributed by atoms with Gasteiger partial charge in [0.2, 0.25) is 6.79 Å². The number of carbonyl (C=O) groups is 3. The Hall–Kier alpha value is -5.67. The summed E-state index contributed by atoms with van der Waals surface area (Å²) in [5, 5.41) is 26.5. The van der Waals surface area contributed by atoms with Crippen LogP contribution in [0.4, 0.5) is 4.79 Å². The third-order valence-corrected chi connectivity index (χ3v) is 14.6. The van der Waals surface area contributed by atoms with Crippen molar-refractivity contribution in [2.24, 2.45) is 0 Å². The molecule has 3 aromatic rings. The molecule has 0 amide bonds. The van der Waals surface area contributed by atoms with Crippen LogP contribution in [0.15, 0.2) is 30.9 Å². The zero-order valence-corrected chi connectivity index (χ0v) is 37.9. The molecule has 7 atom stereocenters. The first-order valence-corrected chi connectivity index (χ1v) is 22.4. The molecule has 338 valence electrons. The van der Waals surface area contributed by atoms with E-state index in [2.05, 4.69) is 27.8 Å². The highest BCUT2D eigenvalue weighted by Crippen LogP contribution is 2.65. The molecule has 16 nitrogen and oxygen atoms in total. The number of phenolic OH excluding ortho intramolecular Hbond substituents is 1. The van der Waals surface area contributed by atoms with Crippen molar-refractivity contribution >= 4 is 29.9 Å². The van der Waals surface area contributed by atoms with Gasteiger partial charge < -0.3 is 43.0 Å². The fourth-order valence-corrected chi connectivity index (χ4v) is 12.6. The fourth-order valence-electron chi connectivity index (χ4n) is 10.9. The number of hydrogen-bond donors (Lipinski definition) is 2. The van der Waals surface area contributed by atoms with Crippen LogP contribution < -0.4 is 33.7 Å². The number of rotatable bonds is 6. The van der Waals surface area contributed by atoms with E-state index < -0.39 is 58.7 Å². The van der Waals surface area contributed by atoms with Gasteiger partial charge in [-0.25, -0.2) is 9.59 Å². The summed E-state index contributed by atoms with van der Waals surface area (Å²) in [4.78, 5) is 45.5. The van der Waals surface area contributed by atoms with Crippen molar-refractivity contribution in [3.63, 3.8) is 0 Å². The van der Waals surface area contributed by atoms with Crippen LogP contribution >= 0.6 is 11.8 Å². The Kier molecular flexibility index (Phi) is 11.0. The highest BCUT2D eigenvalue weighted by atomic mass is 32.2. The van der Waals surface area contributed by atoms with E-state index in [1.165, 1.54) is 32.9 Å². The van der Waals surface area contributed by atoms with E-state index in [9.17, 15) is 20.0 Å². The molecule has 0 aromatic heterocycles. The predicted octanol–water partition coefficient (Wildman–Crippen LogP) is 6.15. The van der Waals surface area contributed by atoms with Crippen molar-refractivity contribution in [1.82, 2.24) is 15.1 Å². The largest absolute Gasteiger partial charge is 0.514 e. The molecular formula is C47H52N4O12S. The monoisotopic (exact) mass is 896 g/mol. The highest BCUT2D eigenvalue weighted by molar-refractivity contribution is 7.99. The van der Waals surface area contributed by atoms with Crippen molar-refractivity contribution in [3.8, 4) is 46.3 Å². The molecule has 1 spiro atoms. The second-order valence-corrected chi connectivity index (χ2v) is 19.1. The number of fused-ring (bicyclic) bond motifs is 9. The first-order valence-electron chi connectivity index (χ1n) is 21.3. The van der Waals surface area contributed by atoms with Crippen LogP contribution in [-0.2, 0) is 37.4 Å². The molecule has 4 bridgehead atoms. The van der Waals surface area contributed by atoms with Crippen LogP contribution in [0.1, 0.15) is 89.5 Å². The summed E-state index contributed by atoms with van der Waals surface area (Å²) in [6.45, 7) is 14.8. The number of benzene rings is 3. The number of methoxy groups -OCH3 is 2. The first kappa shape index (κ1) is 43.6. The van der Waals surface area contributed by atoms with Gasteiger partial charge in [0, 0.05) is 60.1 Å². The second-order valence-electron chi connectivity index (χ2n) is 18.0. The van der Waals surface area contributed by atoms with Gasteiger partial charge in [0.1, 0.15) is 24.0 Å². The normalized spacial score (nSPS) is 26.6. The van der Waals surface area contributed by atoms with Gasteiger partial charge in [0.25, 0.3) is 0 Å². The van der Waals surface area contributed by atoms with Crippen LogP contribution in [0, 0.1) is 25.2 Å². The number of phenols is 1. The van der Waals surface area contributed by atoms with Crippen LogP contribution in [0.5, 0.6) is 40.2 Å². The number of piperazine rings is 1. The molecule has 7 aliphatic heterocycles. The Morgan fingerprint density at radius 3 is 2.50 bits per heavy atom. The van der Waals surface area contributed by atoms with E-state index in [1.807, 2.05) is 19.9 Å². The number of aromatic hydroxyl groups is 1. The molecule has 0 saturated carbocycles. The second kappa shape index (κ2) is 16.1. The summed E-state index contributed by atoms with van der Waals surface area (Å²) in [5.41, 5.74) is 3.18. The predicted molar refractivity (Wildman–Crippen MR) is 232 cm³/mol. The zero-order valence-electron chi connectivity index (χ0n) is 37.1. The lowest BCUT2D eigenvalue weighted by Gasteiger charge is -2.62. The van der Waals surface area contributed by atoms with Gasteiger partial charge in [0.15, 0.2) is 40.0 Å². The maximum absolute atomic E-state index is 15.1. The lowest BCUT2D eigenvalue weighted by atomic mass is 9.71. The Morgan fingerprint density at radius 1 is 1.05 bits per heavy atom. The molecule has 7 heterocycles. The smallest absolute Gasteiger partial charge is 0.504 e. The van der Waals surface area contributed by atoms with Gasteiger partial charge in [-0.2, -0.15) is 5.26 Å². The number of esters is 2. The number of thioether (sulfide) groups is 1. The van der Waals surface area contributed by atoms with E-state index in [0.29, 0.717) is 76.7 Å². The summed E-state index contributed by atoms with van der Waals surface area (Å²) < 4.78 is 47.8. The van der Waals surface area contributed by atoms with Crippen LogP contribution in [0.2, 0.25) is 0 Å². The van der Waals surface area contributed by atoms with Crippen molar-refractivity contribution in [2.45, 2.75) is 101 Å². The van der Waals surface area contributed by atoms with Gasteiger partial charge in [-0.15, -0.1) is 18.3 Å². The zero-order chi connectivity index (χ0) is 45.6. The topological polar surface area (TPSA) is 188 Å². The average Bonchev–Trinajstić information content (AvgIpc) is 3.73. The van der Waals surface area contributed by atoms with Gasteiger partial charge in [-0.1, -0.05) is 12.1 Å². The van der Waals surface area contributed by atoms with Gasteiger partial charge in [-0.3, -0.25) is 19.9 Å². The lowest BCUT2D eigenvalue weighted by molar-refractivity contribution is -0.157. The Morgan fingerprint density at radius 2 is 1.81 bits per heavy atom. The number of aryl methyl sites for hydroxylation is 1. The van der Waals surface area contributed by atoms with E-state index in [0.717, 1.165) is 16.7 Å². The van der Waals surface area contributed by atoms with Gasteiger partial charge >= 0.3 is 18.1 Å². The summed E-state index contributed by atoms with van der Waals surface area (Å²) in [7, 11) is 2.98. The Bertz CT molecular complexity index is 2530. The van der Waals surface area contributed by atoms with E-state index >= 15 is 4.79 Å². The third kappa shape index (κ3) is 6.71. The molecule has 3 aromatic carbocycles. The van der Waals surface area contributed by atoms with Gasteiger partial charge in [-0.05, 0) is 81.8 Å². The lowest BCUT2D eigenvalue weighted by Crippen LogP contribution is -2.70. The van der Waals surface area contributed by atoms with Crippen molar-refractivity contribution in [3.05, 3.63) is 75.4 Å². The number of ether oxygens (including phenoxy) is 8. The van der Waals surface area contributed by atoms with Crippen LogP contribution in [-0.4, -0.2) is 103 Å². The minimum absolute atomic E-state index is 0.00732. The maximum atomic E-state index is 15.1. The van der Waals surface area contributed by atoms with Crippen molar-refractivity contribution < 1.29 is 57.4 Å². The molecule has 17 heteroatoms. The number of hydrogen-bond acceptors (Lipinski definition) is 17. The minimum Gasteiger partial charge on any atom is -0.504 e. The molecule has 2 N–H and O–H groups in total. The minimum atomic E-state index is -1.47. The molecule has 1 unspecified atom stereocenters. The van der Waals surface area contributed by atoms with E-state index in [-0.39, 0.29) is 42.4 Å². The van der Waals surface area contributed by atoms with Crippen molar-refractivity contribution in [1.29, 1.82) is 5.26 Å². The highest BCUT2D eigenvalue weighted by Gasteiger charge is 2.62. The number of nitrogens with zero attached hydrogens (tertiary/aromatic N) is 3. The summed E-state index contributed by atoms with van der Waals surface area (Å²) in [6.07, 6.45) is 1.82. The first-order chi connectivity index (χ1) is 30.6. The van der Waals surface area contributed by atoms with E-state index in [4.69, 9.17) is 37.9 Å². The fraction of sp³-hybridized carbons (Fsp3) is 0.489. The molecule has 0 radical (unpaired) electrons. The molecular weight excluding hydrogens is 845 g/mol.